The number of nitrogens with two attached hydrogens (primary N) is 1. The average Bonchev–Trinajstić information content (AvgIpc) is 2.73. The van der Waals surface area contributed by atoms with Crippen LogP contribution in [0.1, 0.15) is 12.8 Å². The van der Waals surface area contributed by atoms with E-state index in [0.717, 1.165) is 38.2 Å². The third-order valence-corrected chi connectivity index (χ3v) is 3.63. The smallest absolute Gasteiger partial charge is 0.0780 e. The predicted molar refractivity (Wildman–Crippen MR) is 54.7 cm³/mol. The molecule has 14 heavy (non-hydrogen) atoms. The molecule has 1 spiro atoms. The summed E-state index contributed by atoms with van der Waals surface area (Å²) in [4.78, 5) is 0. The van der Waals surface area contributed by atoms with Gasteiger partial charge in [-0.3, -0.25) is 5.01 Å². The molecule has 0 aromatic rings. The molecule has 3 rings (SSSR count). The topological polar surface area (TPSA) is 53.3 Å². The second kappa shape index (κ2) is 2.67. The number of rotatable bonds is 0. The van der Waals surface area contributed by atoms with Crippen molar-refractivity contribution in [2.45, 2.75) is 12.8 Å². The molecule has 1 fully saturated rings. The molecule has 0 aromatic carbocycles. The fraction of sp³-hybridized carbons (Fsp3) is 0.600. The molecule has 4 heteroatoms. The van der Waals surface area contributed by atoms with Gasteiger partial charge in [0.25, 0.3) is 0 Å². The maximum atomic E-state index is 6.25. The summed E-state index contributed by atoms with van der Waals surface area (Å²) >= 11 is 0. The van der Waals surface area contributed by atoms with E-state index in [1.54, 1.807) is 0 Å². The minimum atomic E-state index is 0.234. The van der Waals surface area contributed by atoms with Crippen LogP contribution in [0.3, 0.4) is 0 Å². The highest BCUT2D eigenvalue weighted by Crippen LogP contribution is 2.43. The summed E-state index contributed by atoms with van der Waals surface area (Å²) in [5.74, 6) is 0. The lowest BCUT2D eigenvalue weighted by molar-refractivity contribution is 0.191. The van der Waals surface area contributed by atoms with Gasteiger partial charge in [0.15, 0.2) is 0 Å². The summed E-state index contributed by atoms with van der Waals surface area (Å²) < 4.78 is 0. The molecular weight excluding hydrogens is 176 g/mol. The van der Waals surface area contributed by atoms with Crippen molar-refractivity contribution in [3.8, 4) is 0 Å². The summed E-state index contributed by atoms with van der Waals surface area (Å²) in [6.07, 6.45) is 6.35. The Bertz CT molecular complexity index is 312. The Labute approximate surface area is 83.8 Å². The van der Waals surface area contributed by atoms with Crippen LogP contribution in [0.2, 0.25) is 0 Å². The van der Waals surface area contributed by atoms with Crippen molar-refractivity contribution in [2.24, 2.45) is 11.1 Å². The number of piperidine rings is 1. The third-order valence-electron chi connectivity index (χ3n) is 3.63. The van der Waals surface area contributed by atoms with Gasteiger partial charge in [0, 0.05) is 17.3 Å². The van der Waals surface area contributed by atoms with Gasteiger partial charge in [0.1, 0.15) is 0 Å². The molecule has 1 saturated heterocycles. The van der Waals surface area contributed by atoms with Crippen LogP contribution in [0.5, 0.6) is 0 Å². The first-order valence-electron chi connectivity index (χ1n) is 5.23. The predicted octanol–water partition coefficient (Wildman–Crippen LogP) is -0.126. The second-order valence-corrected chi connectivity index (χ2v) is 4.38. The maximum Gasteiger partial charge on any atom is 0.0780 e. The molecular formula is C10H16N4. The first-order valence-corrected chi connectivity index (χ1v) is 5.23. The normalized spacial score (nSPS) is 28.4. The summed E-state index contributed by atoms with van der Waals surface area (Å²) in [6.45, 7) is 3.21. The summed E-state index contributed by atoms with van der Waals surface area (Å²) in [5.41, 5.74) is 12.0. The highest BCUT2D eigenvalue weighted by Gasteiger charge is 2.44. The summed E-state index contributed by atoms with van der Waals surface area (Å²) in [6, 6.07) is 0. The van der Waals surface area contributed by atoms with Gasteiger partial charge in [-0.2, -0.15) is 0 Å². The molecule has 0 unspecified atom stereocenters. The van der Waals surface area contributed by atoms with E-state index in [0.29, 0.717) is 0 Å². The second-order valence-electron chi connectivity index (χ2n) is 4.38. The molecule has 0 radical (unpaired) electrons. The van der Waals surface area contributed by atoms with Crippen LogP contribution >= 0.6 is 0 Å². The summed E-state index contributed by atoms with van der Waals surface area (Å²) in [7, 11) is 0. The Kier molecular flexibility index (Phi) is 1.56. The molecule has 76 valence electrons. The van der Waals surface area contributed by atoms with E-state index in [9.17, 15) is 0 Å². The summed E-state index contributed by atoms with van der Waals surface area (Å²) in [5, 5.41) is 5.55. The van der Waals surface area contributed by atoms with Crippen LogP contribution in [0.4, 0.5) is 0 Å². The van der Waals surface area contributed by atoms with E-state index in [1.165, 1.54) is 5.70 Å². The van der Waals surface area contributed by atoms with Crippen LogP contribution in [-0.4, -0.2) is 24.6 Å². The van der Waals surface area contributed by atoms with Gasteiger partial charge < -0.3 is 16.5 Å². The van der Waals surface area contributed by atoms with Gasteiger partial charge in [-0.1, -0.05) is 0 Å². The highest BCUT2D eigenvalue weighted by atomic mass is 15.5. The number of hydrogen-bond donors (Lipinski definition) is 3. The number of fused-ring (bicyclic) bond motifs is 1. The maximum absolute atomic E-state index is 6.25. The monoisotopic (exact) mass is 192 g/mol. The molecule has 3 aliphatic rings. The van der Waals surface area contributed by atoms with E-state index in [4.69, 9.17) is 5.73 Å². The Morgan fingerprint density at radius 1 is 1.36 bits per heavy atom. The fourth-order valence-electron chi connectivity index (χ4n) is 2.72. The van der Waals surface area contributed by atoms with Gasteiger partial charge in [-0.15, -0.1) is 0 Å². The van der Waals surface area contributed by atoms with Gasteiger partial charge in [-0.05, 0) is 32.0 Å². The molecule has 0 aromatic heterocycles. The van der Waals surface area contributed by atoms with Crippen LogP contribution in [-0.2, 0) is 0 Å². The Morgan fingerprint density at radius 2 is 2.14 bits per heavy atom. The van der Waals surface area contributed by atoms with Crippen molar-refractivity contribution in [3.63, 3.8) is 0 Å². The molecule has 4 nitrogen and oxygen atoms in total. The molecule has 0 aliphatic carbocycles. The number of nitrogens with one attached hydrogen (secondary N) is 2. The molecule has 0 atom stereocenters. The lowest BCUT2D eigenvalue weighted by atomic mass is 9.77. The third kappa shape index (κ3) is 0.917. The Balaban J connectivity index is 1.96. The number of allylic oxidation sites excluding steroid dienone is 1. The van der Waals surface area contributed by atoms with Crippen molar-refractivity contribution in [2.75, 3.05) is 19.6 Å². The Morgan fingerprint density at radius 3 is 2.86 bits per heavy atom. The lowest BCUT2D eigenvalue weighted by Crippen LogP contribution is -2.43. The number of hydrazine groups is 1. The highest BCUT2D eigenvalue weighted by molar-refractivity contribution is 5.36. The van der Waals surface area contributed by atoms with Crippen molar-refractivity contribution >= 4 is 0 Å². The van der Waals surface area contributed by atoms with Gasteiger partial charge in [0.05, 0.1) is 12.2 Å². The van der Waals surface area contributed by atoms with E-state index in [1.807, 2.05) is 6.20 Å². The van der Waals surface area contributed by atoms with Crippen molar-refractivity contribution in [1.29, 1.82) is 0 Å². The zero-order valence-electron chi connectivity index (χ0n) is 8.21. The van der Waals surface area contributed by atoms with Crippen LogP contribution in [0, 0.1) is 5.41 Å². The molecule has 0 saturated carbocycles. The molecule has 0 amide bonds. The van der Waals surface area contributed by atoms with Gasteiger partial charge in [0.2, 0.25) is 0 Å². The quantitative estimate of drug-likeness (QED) is 0.500. The SMILES string of the molecule is NC1=C2C=CNN2CC12CCNCC2. The lowest BCUT2D eigenvalue weighted by Gasteiger charge is -2.35. The van der Waals surface area contributed by atoms with E-state index < -0.39 is 0 Å². The zero-order chi connectivity index (χ0) is 9.60. The molecule has 4 N–H and O–H groups in total. The largest absolute Gasteiger partial charge is 0.400 e. The van der Waals surface area contributed by atoms with Crippen molar-refractivity contribution < 1.29 is 0 Å². The van der Waals surface area contributed by atoms with E-state index >= 15 is 0 Å². The molecule has 3 aliphatic heterocycles. The van der Waals surface area contributed by atoms with Crippen LogP contribution in [0.15, 0.2) is 23.7 Å². The Hall–Kier alpha value is -1.16. The number of nitrogens with zero attached hydrogens (tertiary/aromatic N) is 1. The molecule has 0 bridgehead atoms. The first-order chi connectivity index (χ1) is 6.82. The number of hydrogen-bond acceptors (Lipinski definition) is 4. The van der Waals surface area contributed by atoms with E-state index in [2.05, 4.69) is 21.8 Å². The minimum Gasteiger partial charge on any atom is -0.400 e. The average molecular weight is 192 g/mol. The van der Waals surface area contributed by atoms with Crippen molar-refractivity contribution in [3.05, 3.63) is 23.7 Å². The first kappa shape index (κ1) is 8.17. The molecule has 3 heterocycles. The van der Waals surface area contributed by atoms with Gasteiger partial charge in [-0.25, -0.2) is 0 Å². The zero-order valence-corrected chi connectivity index (χ0v) is 8.21. The fourth-order valence-corrected chi connectivity index (χ4v) is 2.72. The van der Waals surface area contributed by atoms with Crippen molar-refractivity contribution in [1.82, 2.24) is 15.8 Å². The van der Waals surface area contributed by atoms with E-state index in [-0.39, 0.29) is 5.41 Å². The standard InChI is InChI=1S/C10H16N4/c11-9-8-1-4-13-14(8)7-10(9)2-5-12-6-3-10/h1,4,12-13H,2-3,5-7,11H2. The van der Waals surface area contributed by atoms with Crippen LogP contribution < -0.4 is 16.5 Å². The van der Waals surface area contributed by atoms with Gasteiger partial charge >= 0.3 is 0 Å². The van der Waals surface area contributed by atoms with Crippen LogP contribution in [0.25, 0.3) is 0 Å². The minimum absolute atomic E-state index is 0.234.